The fourth-order valence-corrected chi connectivity index (χ4v) is 0.842. The highest BCUT2D eigenvalue weighted by Gasteiger charge is 2.24. The number of ketones is 1. The number of rotatable bonds is 3. The predicted octanol–water partition coefficient (Wildman–Crippen LogP) is 2.01. The molecule has 1 rings (SSSR count). The van der Waals surface area contributed by atoms with Crippen LogP contribution >= 0.6 is 0 Å². The van der Waals surface area contributed by atoms with Gasteiger partial charge in [0.05, 0.1) is 0 Å². The Kier molecular flexibility index (Phi) is 1.89. The van der Waals surface area contributed by atoms with Gasteiger partial charge in [0, 0.05) is 12.3 Å². The minimum atomic E-state index is 0.255. The van der Waals surface area contributed by atoms with Crippen LogP contribution in [0.2, 0.25) is 0 Å². The summed E-state index contributed by atoms with van der Waals surface area (Å²) in [5, 5.41) is 0. The second kappa shape index (κ2) is 2.51. The molecule has 0 aromatic rings. The molecule has 1 heteroatoms. The lowest BCUT2D eigenvalue weighted by atomic mass is 10.0. The zero-order valence-corrected chi connectivity index (χ0v) is 6.18. The van der Waals surface area contributed by atoms with E-state index in [4.69, 9.17) is 0 Å². The molecule has 9 heavy (non-hydrogen) atoms. The van der Waals surface area contributed by atoms with Crippen LogP contribution in [0.15, 0.2) is 0 Å². The van der Waals surface area contributed by atoms with Crippen molar-refractivity contribution in [3.05, 3.63) is 0 Å². The molecule has 1 fully saturated rings. The van der Waals surface area contributed by atoms with Crippen molar-refractivity contribution >= 4 is 5.78 Å². The summed E-state index contributed by atoms with van der Waals surface area (Å²) in [6.45, 7) is 3.95. The minimum absolute atomic E-state index is 0.255. The van der Waals surface area contributed by atoms with Gasteiger partial charge in [-0.3, -0.25) is 4.79 Å². The third kappa shape index (κ3) is 2.17. The van der Waals surface area contributed by atoms with Crippen LogP contribution in [0.4, 0.5) is 0 Å². The van der Waals surface area contributed by atoms with Gasteiger partial charge in [0.25, 0.3) is 0 Å². The van der Waals surface area contributed by atoms with Crippen molar-refractivity contribution in [3.8, 4) is 0 Å². The topological polar surface area (TPSA) is 17.1 Å². The quantitative estimate of drug-likeness (QED) is 0.565. The Balaban J connectivity index is 2.17. The molecule has 0 aliphatic heterocycles. The van der Waals surface area contributed by atoms with E-state index in [0.717, 1.165) is 12.3 Å². The SMILES string of the molecule is CC(C)C(=O)CC1CC1. The van der Waals surface area contributed by atoms with E-state index < -0.39 is 0 Å². The smallest absolute Gasteiger partial charge is 0.135 e. The van der Waals surface area contributed by atoms with Gasteiger partial charge >= 0.3 is 0 Å². The van der Waals surface area contributed by atoms with Crippen LogP contribution in [0.25, 0.3) is 0 Å². The molecule has 0 heterocycles. The van der Waals surface area contributed by atoms with Gasteiger partial charge in [-0.15, -0.1) is 0 Å². The molecule has 0 N–H and O–H groups in total. The van der Waals surface area contributed by atoms with E-state index in [9.17, 15) is 4.79 Å². The van der Waals surface area contributed by atoms with Crippen LogP contribution in [0, 0.1) is 11.8 Å². The van der Waals surface area contributed by atoms with E-state index in [1.54, 1.807) is 0 Å². The molecule has 0 spiro atoms. The van der Waals surface area contributed by atoms with Gasteiger partial charge in [0.1, 0.15) is 5.78 Å². The van der Waals surface area contributed by atoms with Gasteiger partial charge in [0.2, 0.25) is 0 Å². The highest BCUT2D eigenvalue weighted by molar-refractivity contribution is 5.80. The first kappa shape index (κ1) is 6.79. The normalized spacial score (nSPS) is 18.6. The lowest BCUT2D eigenvalue weighted by molar-refractivity contribution is -0.122. The van der Waals surface area contributed by atoms with Gasteiger partial charge in [-0.1, -0.05) is 13.8 Å². The second-order valence-corrected chi connectivity index (χ2v) is 3.27. The molecule has 1 aliphatic carbocycles. The maximum atomic E-state index is 11.0. The summed E-state index contributed by atoms with van der Waals surface area (Å²) in [4.78, 5) is 11.0. The molecule has 0 amide bonds. The van der Waals surface area contributed by atoms with E-state index in [1.165, 1.54) is 12.8 Å². The van der Waals surface area contributed by atoms with Gasteiger partial charge < -0.3 is 0 Å². The third-order valence-corrected chi connectivity index (χ3v) is 1.83. The molecule has 0 atom stereocenters. The molecule has 1 nitrogen and oxygen atoms in total. The monoisotopic (exact) mass is 126 g/mol. The summed E-state index contributed by atoms with van der Waals surface area (Å²) in [5.41, 5.74) is 0. The standard InChI is InChI=1S/C8H14O/c1-6(2)8(9)5-7-3-4-7/h6-7H,3-5H2,1-2H3. The number of hydrogen-bond acceptors (Lipinski definition) is 1. The van der Waals surface area contributed by atoms with Crippen molar-refractivity contribution in [1.82, 2.24) is 0 Å². The molecular formula is C8H14O. The third-order valence-electron chi connectivity index (χ3n) is 1.83. The maximum Gasteiger partial charge on any atom is 0.135 e. The Morgan fingerprint density at radius 3 is 2.44 bits per heavy atom. The van der Waals surface area contributed by atoms with Gasteiger partial charge in [0.15, 0.2) is 0 Å². The molecule has 52 valence electrons. The van der Waals surface area contributed by atoms with Crippen LogP contribution in [-0.4, -0.2) is 5.78 Å². The van der Waals surface area contributed by atoms with Crippen molar-refractivity contribution in [1.29, 1.82) is 0 Å². The highest BCUT2D eigenvalue weighted by Crippen LogP contribution is 2.33. The number of carbonyl (C=O) groups excluding carboxylic acids is 1. The van der Waals surface area contributed by atoms with Gasteiger partial charge in [-0.25, -0.2) is 0 Å². The molecular weight excluding hydrogens is 112 g/mol. The molecule has 0 bridgehead atoms. The fraction of sp³-hybridized carbons (Fsp3) is 0.875. The predicted molar refractivity (Wildman–Crippen MR) is 37.2 cm³/mol. The summed E-state index contributed by atoms with van der Waals surface area (Å²) in [7, 11) is 0. The average molecular weight is 126 g/mol. The summed E-state index contributed by atoms with van der Waals surface area (Å²) in [5.74, 6) is 1.46. The van der Waals surface area contributed by atoms with Crippen molar-refractivity contribution < 1.29 is 4.79 Å². The second-order valence-electron chi connectivity index (χ2n) is 3.27. The van der Waals surface area contributed by atoms with E-state index in [-0.39, 0.29) is 5.92 Å². The van der Waals surface area contributed by atoms with E-state index in [2.05, 4.69) is 0 Å². The Labute approximate surface area is 56.4 Å². The maximum absolute atomic E-state index is 11.0. The minimum Gasteiger partial charge on any atom is -0.299 e. The molecule has 1 saturated carbocycles. The van der Waals surface area contributed by atoms with Crippen LogP contribution in [0.1, 0.15) is 33.1 Å². The van der Waals surface area contributed by atoms with Crippen molar-refractivity contribution in [3.63, 3.8) is 0 Å². The van der Waals surface area contributed by atoms with Crippen molar-refractivity contribution in [2.45, 2.75) is 33.1 Å². The molecule has 0 aromatic carbocycles. The lowest BCUT2D eigenvalue weighted by Crippen LogP contribution is -2.06. The molecule has 0 unspecified atom stereocenters. The van der Waals surface area contributed by atoms with Crippen LogP contribution in [0.3, 0.4) is 0 Å². The van der Waals surface area contributed by atoms with E-state index in [1.807, 2.05) is 13.8 Å². The first-order valence-corrected chi connectivity index (χ1v) is 3.73. The van der Waals surface area contributed by atoms with Gasteiger partial charge in [-0.2, -0.15) is 0 Å². The summed E-state index contributed by atoms with van der Waals surface area (Å²) >= 11 is 0. The summed E-state index contributed by atoms with van der Waals surface area (Å²) < 4.78 is 0. The van der Waals surface area contributed by atoms with Crippen LogP contribution in [-0.2, 0) is 4.79 Å². The summed E-state index contributed by atoms with van der Waals surface area (Å²) in [6.07, 6.45) is 3.43. The largest absolute Gasteiger partial charge is 0.299 e. The Morgan fingerprint density at radius 2 is 2.11 bits per heavy atom. The first-order chi connectivity index (χ1) is 4.20. The zero-order valence-electron chi connectivity index (χ0n) is 6.18. The average Bonchev–Trinajstić information content (AvgIpc) is 2.50. The Morgan fingerprint density at radius 1 is 1.56 bits per heavy atom. The van der Waals surface area contributed by atoms with Crippen LogP contribution in [0.5, 0.6) is 0 Å². The number of Topliss-reactive ketones (excluding diaryl/α,β-unsaturated/α-hetero) is 1. The molecule has 0 radical (unpaired) electrons. The van der Waals surface area contributed by atoms with Crippen LogP contribution < -0.4 is 0 Å². The lowest BCUT2D eigenvalue weighted by Gasteiger charge is -2.00. The zero-order chi connectivity index (χ0) is 6.85. The Hall–Kier alpha value is -0.330. The fourth-order valence-electron chi connectivity index (χ4n) is 0.842. The highest BCUT2D eigenvalue weighted by atomic mass is 16.1. The molecule has 0 aromatic heterocycles. The number of carbonyl (C=O) groups is 1. The van der Waals surface area contributed by atoms with Crippen molar-refractivity contribution in [2.75, 3.05) is 0 Å². The first-order valence-electron chi connectivity index (χ1n) is 3.73. The van der Waals surface area contributed by atoms with Gasteiger partial charge in [-0.05, 0) is 18.8 Å². The summed E-state index contributed by atoms with van der Waals surface area (Å²) in [6, 6.07) is 0. The Bertz CT molecular complexity index is 112. The molecule has 1 aliphatic rings. The van der Waals surface area contributed by atoms with Crippen molar-refractivity contribution in [2.24, 2.45) is 11.8 Å². The van der Waals surface area contributed by atoms with E-state index >= 15 is 0 Å². The molecule has 0 saturated heterocycles. The van der Waals surface area contributed by atoms with E-state index in [0.29, 0.717) is 5.78 Å². The number of hydrogen-bond donors (Lipinski definition) is 0.